The smallest absolute Gasteiger partial charge is 0.306 e. The molecule has 0 bridgehead atoms. The van der Waals surface area contributed by atoms with Gasteiger partial charge in [-0.3, -0.25) is 9.59 Å². The predicted octanol–water partition coefficient (Wildman–Crippen LogP) is 3.25. The Morgan fingerprint density at radius 3 is 2.42 bits per heavy atom. The number of ether oxygens (including phenoxy) is 2. The fourth-order valence-corrected chi connectivity index (χ4v) is 3.44. The minimum atomic E-state index is -0.624. The van der Waals surface area contributed by atoms with Crippen LogP contribution in [0.4, 0.5) is 0 Å². The molecule has 2 rings (SSSR count). The first-order chi connectivity index (χ1) is 14.6. The molecule has 6 nitrogen and oxygen atoms in total. The van der Waals surface area contributed by atoms with E-state index in [0.717, 1.165) is 5.56 Å². The topological polar surface area (TPSA) is 84.9 Å². The molecule has 2 aromatic carbocycles. The summed E-state index contributed by atoms with van der Waals surface area (Å²) in [6.07, 6.45) is 2.48. The van der Waals surface area contributed by atoms with E-state index in [4.69, 9.17) is 9.47 Å². The zero-order chi connectivity index (χ0) is 21.8. The number of aliphatic hydroxyl groups is 1. The Hall–Kier alpha value is -1.68. The number of nitrogens with one attached hydrogen (secondary N) is 1. The number of carbonyl (C=O) groups excluding carboxylic acids is 2. The average molecular weight is 638 g/mol. The van der Waals surface area contributed by atoms with E-state index in [1.165, 1.54) is 13.2 Å². The molecular weight excluding hydrogens is 609 g/mol. The maximum atomic E-state index is 12.8. The quantitative estimate of drug-likeness (QED) is 0.276. The Bertz CT molecular complexity index is 843. The second-order valence-corrected chi connectivity index (χ2v) is 6.97. The minimum Gasteiger partial charge on any atom is -0.496 e. The van der Waals surface area contributed by atoms with E-state index >= 15 is 0 Å². The summed E-state index contributed by atoms with van der Waals surface area (Å²) in [7, 11) is 1.51. The van der Waals surface area contributed by atoms with E-state index < -0.39 is 5.41 Å². The summed E-state index contributed by atoms with van der Waals surface area (Å²) < 4.78 is 10.4. The molecule has 0 saturated heterocycles. The normalized spacial score (nSPS) is 12.1. The van der Waals surface area contributed by atoms with E-state index in [0.29, 0.717) is 24.2 Å². The fourth-order valence-electron chi connectivity index (χ4n) is 3.44. The van der Waals surface area contributed by atoms with Crippen molar-refractivity contribution >= 4 is 11.9 Å². The Morgan fingerprint density at radius 1 is 1.10 bits per heavy atom. The molecule has 0 heterocycles. The van der Waals surface area contributed by atoms with Gasteiger partial charge in [0.25, 0.3) is 5.91 Å². The van der Waals surface area contributed by atoms with Crippen LogP contribution in [-0.2, 0) is 14.9 Å². The third kappa shape index (κ3) is 8.07. The molecule has 0 aromatic heterocycles. The molecule has 1 atom stereocenters. The second kappa shape index (κ2) is 14.4. The predicted molar refractivity (Wildman–Crippen MR) is 116 cm³/mol. The van der Waals surface area contributed by atoms with Crippen LogP contribution < -0.4 is 10.1 Å². The summed E-state index contributed by atoms with van der Waals surface area (Å²) in [6, 6.07) is 16.6. The first kappa shape index (κ1) is 27.4. The van der Waals surface area contributed by atoms with E-state index in [-0.39, 0.29) is 82.1 Å². The number of rotatable bonds is 12. The van der Waals surface area contributed by atoms with Crippen molar-refractivity contribution in [1.82, 2.24) is 5.32 Å². The molecule has 1 unspecified atom stereocenters. The summed E-state index contributed by atoms with van der Waals surface area (Å²) in [4.78, 5) is 24.9. The molecule has 0 saturated carbocycles. The largest absolute Gasteiger partial charge is 0.496 e. The first-order valence-corrected chi connectivity index (χ1v) is 9.90. The van der Waals surface area contributed by atoms with Gasteiger partial charge in [-0.2, -0.15) is 0 Å². The molecule has 2 aromatic rings. The molecule has 0 aliphatic rings. The summed E-state index contributed by atoms with van der Waals surface area (Å²) in [5.41, 5.74) is 0.744. The summed E-state index contributed by atoms with van der Waals surface area (Å²) in [5.74, 6) is -0.139. The van der Waals surface area contributed by atoms with E-state index in [1.54, 1.807) is 24.3 Å². The van der Waals surface area contributed by atoms with Gasteiger partial charge in [0.05, 0.1) is 12.7 Å². The van der Waals surface area contributed by atoms with Crippen LogP contribution in [0.5, 0.6) is 5.75 Å². The fraction of sp³-hybridized carbons (Fsp3) is 0.333. The molecule has 1 amide bonds. The van der Waals surface area contributed by atoms with Crippen molar-refractivity contribution in [3.63, 3.8) is 0 Å². The Labute approximate surface area is 219 Å². The van der Waals surface area contributed by atoms with Crippen LogP contribution in [0.2, 0.25) is 0 Å². The Balaban J connectivity index is 0.00000480. The van der Waals surface area contributed by atoms with Gasteiger partial charge in [-0.1, -0.05) is 55.1 Å². The number of benzene rings is 2. The Kier molecular flexibility index (Phi) is 12.7. The molecule has 0 aliphatic carbocycles. The van der Waals surface area contributed by atoms with Crippen LogP contribution in [0.15, 0.2) is 67.3 Å². The zero-order valence-electron chi connectivity index (χ0n) is 17.9. The number of methoxy groups -OCH3 is 1. The molecule has 1 radical (unpaired) electrons. The van der Waals surface area contributed by atoms with E-state index in [2.05, 4.69) is 11.9 Å². The van der Waals surface area contributed by atoms with Gasteiger partial charge in [-0.15, -0.1) is 0 Å². The number of hydrogen-bond donors (Lipinski definition) is 2. The van der Waals surface area contributed by atoms with Crippen molar-refractivity contribution < 1.29 is 68.2 Å². The zero-order valence-corrected chi connectivity index (χ0v) is 22.6. The Morgan fingerprint density at radius 2 is 1.77 bits per heavy atom. The average Bonchev–Trinajstić information content (AvgIpc) is 2.79. The molecule has 2 N–H and O–H groups in total. The van der Waals surface area contributed by atoms with Crippen LogP contribution in [0.3, 0.4) is 0 Å². The standard InChI is InChI=1S/C24H29NO5.Ac/c1-3-17-30-22(27)13-14-24(15-16-26,19-9-5-4-6-10-19)18-25-23(28)20-11-7-8-12-21(20)29-2;/h3-12,26H,1,13-18H2,2H3,(H,25,28);. The number of para-hydroxylation sites is 1. The second-order valence-electron chi connectivity index (χ2n) is 6.97. The molecule has 0 spiro atoms. The number of hydrogen-bond acceptors (Lipinski definition) is 5. The first-order valence-electron chi connectivity index (χ1n) is 9.90. The van der Waals surface area contributed by atoms with Crippen molar-refractivity contribution in [2.45, 2.75) is 24.7 Å². The molecule has 0 aliphatic heterocycles. The maximum absolute atomic E-state index is 12.8. The summed E-state index contributed by atoms with van der Waals surface area (Å²) in [5, 5.41) is 12.7. The third-order valence-corrected chi connectivity index (χ3v) is 5.09. The minimum absolute atomic E-state index is 0. The van der Waals surface area contributed by atoms with Gasteiger partial charge in [0.2, 0.25) is 0 Å². The summed E-state index contributed by atoms with van der Waals surface area (Å²) >= 11 is 0. The van der Waals surface area contributed by atoms with E-state index in [1.807, 2.05) is 30.3 Å². The molecule has 163 valence electrons. The van der Waals surface area contributed by atoms with Crippen LogP contribution in [0.1, 0.15) is 35.2 Å². The summed E-state index contributed by atoms with van der Waals surface area (Å²) in [6.45, 7) is 3.87. The number of carbonyl (C=O) groups is 2. The van der Waals surface area contributed by atoms with Gasteiger partial charge < -0.3 is 19.9 Å². The number of aliphatic hydroxyl groups excluding tert-OH is 1. The van der Waals surface area contributed by atoms with Gasteiger partial charge >= 0.3 is 5.97 Å². The van der Waals surface area contributed by atoms with Crippen molar-refractivity contribution in [3.05, 3.63) is 78.4 Å². The maximum Gasteiger partial charge on any atom is 0.306 e. The SMILES string of the molecule is C=CCOC(=O)CCC(CCO)(CNC(=O)c1ccccc1OC)c1ccccc1.[Ac]. The van der Waals surface area contributed by atoms with Crippen LogP contribution >= 0.6 is 0 Å². The third-order valence-electron chi connectivity index (χ3n) is 5.09. The van der Waals surface area contributed by atoms with Gasteiger partial charge in [0.1, 0.15) is 12.4 Å². The van der Waals surface area contributed by atoms with Crippen molar-refractivity contribution in [1.29, 1.82) is 0 Å². The monoisotopic (exact) mass is 638 g/mol. The molecule has 31 heavy (non-hydrogen) atoms. The van der Waals surface area contributed by atoms with Gasteiger partial charge in [-0.05, 0) is 30.5 Å². The molecule has 7 heteroatoms. The van der Waals surface area contributed by atoms with Crippen LogP contribution in [0.25, 0.3) is 0 Å². The molecule has 0 fully saturated rings. The van der Waals surface area contributed by atoms with Crippen LogP contribution in [0, 0.1) is 44.1 Å². The van der Waals surface area contributed by atoms with Crippen molar-refractivity contribution in [3.8, 4) is 5.75 Å². The van der Waals surface area contributed by atoms with Gasteiger partial charge in [-0.25, -0.2) is 0 Å². The van der Waals surface area contributed by atoms with E-state index in [9.17, 15) is 14.7 Å². The number of amides is 1. The van der Waals surface area contributed by atoms with Gasteiger partial charge in [0.15, 0.2) is 0 Å². The van der Waals surface area contributed by atoms with Crippen molar-refractivity contribution in [2.75, 3.05) is 26.9 Å². The van der Waals surface area contributed by atoms with Gasteiger partial charge in [0, 0.05) is 69.0 Å². The van der Waals surface area contributed by atoms with Crippen molar-refractivity contribution in [2.24, 2.45) is 0 Å². The number of esters is 1. The van der Waals surface area contributed by atoms with Crippen LogP contribution in [-0.4, -0.2) is 43.9 Å². The molecular formula is C24H29AcNO5.